The second kappa shape index (κ2) is 9.38. The first kappa shape index (κ1) is 20.6. The molecule has 0 fully saturated rings. The summed E-state index contributed by atoms with van der Waals surface area (Å²) in [7, 11) is 0. The van der Waals surface area contributed by atoms with Gasteiger partial charge in [-0.05, 0) is 41.3 Å². The Kier molecular flexibility index (Phi) is 6.66. The molecule has 2 aromatic carbocycles. The molecule has 8 heteroatoms. The maximum absolute atomic E-state index is 13.6. The van der Waals surface area contributed by atoms with Gasteiger partial charge in [0, 0.05) is 23.9 Å². The third kappa shape index (κ3) is 5.45. The van der Waals surface area contributed by atoms with E-state index < -0.39 is 23.6 Å². The smallest absolute Gasteiger partial charge is 0.254 e. The van der Waals surface area contributed by atoms with Gasteiger partial charge < -0.3 is 10.6 Å². The van der Waals surface area contributed by atoms with Gasteiger partial charge >= 0.3 is 0 Å². The molecule has 3 rings (SSSR count). The van der Waals surface area contributed by atoms with Crippen molar-refractivity contribution >= 4 is 23.2 Å². The zero-order chi connectivity index (χ0) is 20.8. The molecule has 1 heterocycles. The van der Waals surface area contributed by atoms with E-state index >= 15 is 0 Å². The first-order chi connectivity index (χ1) is 13.9. The van der Waals surface area contributed by atoms with Gasteiger partial charge in [0.2, 0.25) is 5.91 Å². The van der Waals surface area contributed by atoms with Crippen LogP contribution in [-0.2, 0) is 4.79 Å². The summed E-state index contributed by atoms with van der Waals surface area (Å²) in [5.74, 6) is -3.20. The average Bonchev–Trinajstić information content (AvgIpc) is 3.21. The topological polar surface area (TPSA) is 58.2 Å². The Morgan fingerprint density at radius 1 is 0.966 bits per heavy atom. The Balaban J connectivity index is 1.59. The number of hydrogen-bond donors (Lipinski definition) is 2. The molecule has 3 aromatic rings. The summed E-state index contributed by atoms with van der Waals surface area (Å²) < 4.78 is 39.8. The van der Waals surface area contributed by atoms with Crippen molar-refractivity contribution in [2.24, 2.45) is 0 Å². The third-order valence-corrected chi connectivity index (χ3v) is 5.09. The Morgan fingerprint density at radius 2 is 1.69 bits per heavy atom. The quantitative estimate of drug-likeness (QED) is 0.605. The summed E-state index contributed by atoms with van der Waals surface area (Å²) in [5, 5.41) is 7.17. The van der Waals surface area contributed by atoms with E-state index in [1.54, 1.807) is 12.1 Å². The highest BCUT2D eigenvalue weighted by atomic mass is 32.1. The number of thiophene rings is 1. The van der Waals surface area contributed by atoms with E-state index in [1.807, 2.05) is 17.5 Å². The number of amides is 2. The highest BCUT2D eigenvalue weighted by molar-refractivity contribution is 7.10. The van der Waals surface area contributed by atoms with Crippen LogP contribution in [0, 0.1) is 17.5 Å². The van der Waals surface area contributed by atoms with Crippen LogP contribution in [0.1, 0.15) is 33.3 Å². The predicted molar refractivity (Wildman–Crippen MR) is 104 cm³/mol. The van der Waals surface area contributed by atoms with Crippen molar-refractivity contribution in [3.8, 4) is 0 Å². The fraction of sp³-hybridized carbons (Fsp3) is 0.143. The summed E-state index contributed by atoms with van der Waals surface area (Å²) in [4.78, 5) is 25.2. The van der Waals surface area contributed by atoms with Crippen LogP contribution in [0.5, 0.6) is 0 Å². The monoisotopic (exact) mass is 418 g/mol. The van der Waals surface area contributed by atoms with Crippen LogP contribution in [-0.4, -0.2) is 18.4 Å². The number of benzene rings is 2. The minimum absolute atomic E-state index is 0.0257. The lowest BCUT2D eigenvalue weighted by Gasteiger charge is -2.18. The van der Waals surface area contributed by atoms with Gasteiger partial charge in [-0.1, -0.05) is 18.2 Å². The van der Waals surface area contributed by atoms with Crippen LogP contribution < -0.4 is 10.6 Å². The molecule has 29 heavy (non-hydrogen) atoms. The minimum Gasteiger partial charge on any atom is -0.351 e. The lowest BCUT2D eigenvalue weighted by Crippen LogP contribution is -2.33. The van der Waals surface area contributed by atoms with Crippen molar-refractivity contribution in [1.29, 1.82) is 0 Å². The lowest BCUT2D eigenvalue weighted by atomic mass is 10.0. The first-order valence-corrected chi connectivity index (χ1v) is 9.63. The van der Waals surface area contributed by atoms with Gasteiger partial charge in [0.15, 0.2) is 0 Å². The SMILES string of the molecule is O=C(CCNC(=O)c1ccc(F)cc1F)NC(c1ccc(F)cc1)c1cccs1. The molecule has 0 aliphatic rings. The molecule has 1 atom stereocenters. The largest absolute Gasteiger partial charge is 0.351 e. The van der Waals surface area contributed by atoms with Gasteiger partial charge in [-0.25, -0.2) is 13.2 Å². The van der Waals surface area contributed by atoms with Crippen LogP contribution in [0.2, 0.25) is 0 Å². The number of halogens is 3. The van der Waals surface area contributed by atoms with Crippen molar-refractivity contribution in [3.63, 3.8) is 0 Å². The summed E-state index contributed by atoms with van der Waals surface area (Å²) in [6.45, 7) is -0.0257. The molecule has 150 valence electrons. The van der Waals surface area contributed by atoms with Crippen molar-refractivity contribution in [1.82, 2.24) is 10.6 Å². The molecule has 1 unspecified atom stereocenters. The Morgan fingerprint density at radius 3 is 2.34 bits per heavy atom. The molecule has 0 saturated carbocycles. The number of carbonyl (C=O) groups is 2. The molecule has 0 radical (unpaired) electrons. The molecule has 0 aliphatic carbocycles. The Bertz CT molecular complexity index is 992. The average molecular weight is 418 g/mol. The number of nitrogens with one attached hydrogen (secondary N) is 2. The number of carbonyl (C=O) groups excluding carboxylic acids is 2. The zero-order valence-electron chi connectivity index (χ0n) is 15.1. The number of rotatable bonds is 7. The van der Waals surface area contributed by atoms with E-state index in [9.17, 15) is 22.8 Å². The van der Waals surface area contributed by atoms with E-state index in [0.29, 0.717) is 6.07 Å². The fourth-order valence-electron chi connectivity index (χ4n) is 2.72. The van der Waals surface area contributed by atoms with E-state index in [-0.39, 0.29) is 30.3 Å². The highest BCUT2D eigenvalue weighted by Gasteiger charge is 2.18. The van der Waals surface area contributed by atoms with E-state index in [2.05, 4.69) is 10.6 Å². The van der Waals surface area contributed by atoms with Crippen molar-refractivity contribution < 1.29 is 22.8 Å². The lowest BCUT2D eigenvalue weighted by molar-refractivity contribution is -0.121. The predicted octanol–water partition coefficient (Wildman–Crippen LogP) is 4.19. The maximum Gasteiger partial charge on any atom is 0.254 e. The molecule has 2 N–H and O–H groups in total. The molecule has 0 aliphatic heterocycles. The van der Waals surface area contributed by atoms with Gasteiger partial charge in [0.25, 0.3) is 5.91 Å². The van der Waals surface area contributed by atoms with E-state index in [0.717, 1.165) is 22.6 Å². The summed E-state index contributed by atoms with van der Waals surface area (Å²) >= 11 is 1.45. The Labute approximate surface area is 169 Å². The molecule has 4 nitrogen and oxygen atoms in total. The normalized spacial score (nSPS) is 11.7. The molecule has 0 bridgehead atoms. The summed E-state index contributed by atoms with van der Waals surface area (Å²) in [6.07, 6.45) is -0.0440. The molecular formula is C21H17F3N2O2S. The van der Waals surface area contributed by atoms with Gasteiger partial charge in [0.05, 0.1) is 11.6 Å². The fourth-order valence-corrected chi connectivity index (χ4v) is 3.52. The van der Waals surface area contributed by atoms with Crippen molar-refractivity contribution in [2.45, 2.75) is 12.5 Å². The number of hydrogen-bond acceptors (Lipinski definition) is 3. The maximum atomic E-state index is 13.6. The third-order valence-electron chi connectivity index (χ3n) is 4.15. The molecular weight excluding hydrogens is 401 g/mol. The van der Waals surface area contributed by atoms with Gasteiger partial charge in [-0.15, -0.1) is 11.3 Å². The first-order valence-electron chi connectivity index (χ1n) is 8.75. The van der Waals surface area contributed by atoms with E-state index in [1.165, 1.54) is 23.5 Å². The van der Waals surface area contributed by atoms with Crippen LogP contribution in [0.4, 0.5) is 13.2 Å². The second-order valence-corrected chi connectivity index (χ2v) is 7.18. The van der Waals surface area contributed by atoms with Crippen LogP contribution in [0.3, 0.4) is 0 Å². The zero-order valence-corrected chi connectivity index (χ0v) is 15.9. The van der Waals surface area contributed by atoms with Gasteiger partial charge in [-0.2, -0.15) is 0 Å². The molecule has 0 saturated heterocycles. The van der Waals surface area contributed by atoms with Crippen LogP contribution in [0.15, 0.2) is 60.0 Å². The molecule has 1 aromatic heterocycles. The van der Waals surface area contributed by atoms with Crippen molar-refractivity contribution in [2.75, 3.05) is 6.54 Å². The van der Waals surface area contributed by atoms with Gasteiger partial charge in [0.1, 0.15) is 17.5 Å². The van der Waals surface area contributed by atoms with Crippen LogP contribution in [0.25, 0.3) is 0 Å². The van der Waals surface area contributed by atoms with Crippen molar-refractivity contribution in [3.05, 3.63) is 93.4 Å². The highest BCUT2D eigenvalue weighted by Crippen LogP contribution is 2.26. The Hall–Kier alpha value is -3.13. The standard InChI is InChI=1S/C21H17F3N2O2S/c22-14-5-3-13(4-6-14)20(18-2-1-11-29-18)26-19(27)9-10-25-21(28)16-8-7-15(23)12-17(16)24/h1-8,11-12,20H,9-10H2,(H,25,28)(H,26,27). The van der Waals surface area contributed by atoms with E-state index in [4.69, 9.17) is 0 Å². The second-order valence-electron chi connectivity index (χ2n) is 6.20. The molecule has 0 spiro atoms. The molecule has 2 amide bonds. The van der Waals surface area contributed by atoms with Gasteiger partial charge in [-0.3, -0.25) is 9.59 Å². The minimum atomic E-state index is -0.971. The van der Waals surface area contributed by atoms with Crippen LogP contribution >= 0.6 is 11.3 Å². The summed E-state index contributed by atoms with van der Waals surface area (Å²) in [6, 6.07) is 11.7. The summed E-state index contributed by atoms with van der Waals surface area (Å²) in [5.41, 5.74) is 0.425.